The highest BCUT2D eigenvalue weighted by Gasteiger charge is 2.06. The van der Waals surface area contributed by atoms with Crippen molar-refractivity contribution in [3.8, 4) is 0 Å². The van der Waals surface area contributed by atoms with Gasteiger partial charge in [-0.15, -0.1) is 0 Å². The number of carboxylic acids is 1. The average Bonchev–Trinajstić information content (AvgIpc) is 1.65. The maximum atomic E-state index is 9.81. The fourth-order valence-electron chi connectivity index (χ4n) is 0.0781. The van der Waals surface area contributed by atoms with Gasteiger partial charge in [0.15, 0.2) is 0 Å². The van der Waals surface area contributed by atoms with Crippen molar-refractivity contribution in [1.29, 1.82) is 0 Å². The first-order chi connectivity index (χ1) is 3.18. The summed E-state index contributed by atoms with van der Waals surface area (Å²) in [7, 11) is 0. The third kappa shape index (κ3) is 2.82. The van der Waals surface area contributed by atoms with Crippen LogP contribution in [-0.2, 0) is 4.79 Å². The predicted molar refractivity (Wildman–Crippen MR) is 34.3 cm³/mol. The van der Waals surface area contributed by atoms with Crippen molar-refractivity contribution in [2.75, 3.05) is 5.75 Å². The van der Waals surface area contributed by atoms with Crippen molar-refractivity contribution >= 4 is 31.2 Å². The Labute approximate surface area is 52.7 Å². The van der Waals surface area contributed by atoms with E-state index in [2.05, 4.69) is 25.3 Å². The molecule has 0 amide bonds. The normalized spacial score (nSPS) is 13.4. The lowest BCUT2D eigenvalue weighted by Crippen LogP contribution is -2.14. The molecule has 0 fully saturated rings. The Balaban J connectivity index is 3.34. The van der Waals surface area contributed by atoms with Crippen molar-refractivity contribution in [3.63, 3.8) is 0 Å². The molecule has 0 aliphatic heterocycles. The number of hydrogen-bond acceptors (Lipinski definition) is 3. The summed E-state index contributed by atoms with van der Waals surface area (Å²) in [6.45, 7) is 0. The lowest BCUT2D eigenvalue weighted by atomic mass is 10.5. The first kappa shape index (κ1) is 7.17. The van der Waals surface area contributed by atoms with Gasteiger partial charge >= 0.3 is 5.97 Å². The Bertz CT molecular complexity index is 73.3. The molecule has 1 N–H and O–H groups in total. The molecule has 0 radical (unpaired) electrons. The minimum Gasteiger partial charge on any atom is -0.480 e. The highest BCUT2D eigenvalue weighted by atomic mass is 32.1. The Morgan fingerprint density at radius 3 is 2.29 bits per heavy atom. The van der Waals surface area contributed by atoms with E-state index >= 15 is 0 Å². The quantitative estimate of drug-likeness (QED) is 0.480. The number of thiol groups is 2. The summed E-state index contributed by atoms with van der Waals surface area (Å²) in [5, 5.41) is 7.43. The topological polar surface area (TPSA) is 37.3 Å². The standard InChI is InChI=1S/C3H6O2S2/c4-3(5)2(7)1-6/h2,6-7H,1H2,(H,4,5)/t2-/m0/s1. The van der Waals surface area contributed by atoms with Gasteiger partial charge in [-0.05, 0) is 0 Å². The van der Waals surface area contributed by atoms with Crippen LogP contribution in [0, 0.1) is 0 Å². The second-order valence-electron chi connectivity index (χ2n) is 1.04. The molecule has 0 rings (SSSR count). The van der Waals surface area contributed by atoms with Gasteiger partial charge in [-0.1, -0.05) is 0 Å². The van der Waals surface area contributed by atoms with Gasteiger partial charge in [-0.2, -0.15) is 25.3 Å². The van der Waals surface area contributed by atoms with Gasteiger partial charge in [0, 0.05) is 5.75 Å². The van der Waals surface area contributed by atoms with E-state index in [1.165, 1.54) is 0 Å². The van der Waals surface area contributed by atoms with Crippen LogP contribution >= 0.6 is 25.3 Å². The highest BCUT2D eigenvalue weighted by molar-refractivity contribution is 7.85. The first-order valence-electron chi connectivity index (χ1n) is 1.70. The first-order valence-corrected chi connectivity index (χ1v) is 2.85. The van der Waals surface area contributed by atoms with Crippen LogP contribution in [-0.4, -0.2) is 22.1 Å². The van der Waals surface area contributed by atoms with E-state index in [9.17, 15) is 4.79 Å². The molecule has 1 atom stereocenters. The van der Waals surface area contributed by atoms with E-state index in [1.54, 1.807) is 0 Å². The third-order valence-corrected chi connectivity index (χ3v) is 1.51. The lowest BCUT2D eigenvalue weighted by molar-refractivity contribution is -0.135. The minimum atomic E-state index is -0.918. The van der Waals surface area contributed by atoms with Crippen LogP contribution in [0.1, 0.15) is 0 Å². The number of aliphatic carboxylic acids is 1. The molecule has 0 saturated heterocycles. The molecule has 0 aliphatic rings. The molecule has 0 aromatic heterocycles. The minimum absolute atomic E-state index is 0.276. The van der Waals surface area contributed by atoms with Crippen molar-refractivity contribution in [2.45, 2.75) is 5.25 Å². The highest BCUT2D eigenvalue weighted by Crippen LogP contribution is 1.95. The summed E-state index contributed by atoms with van der Waals surface area (Å²) in [4.78, 5) is 9.81. The largest absolute Gasteiger partial charge is 0.480 e. The Morgan fingerprint density at radius 2 is 2.29 bits per heavy atom. The summed E-state index contributed by atoms with van der Waals surface area (Å²) in [6.07, 6.45) is 0. The lowest BCUT2D eigenvalue weighted by Gasteiger charge is -1.95. The van der Waals surface area contributed by atoms with Gasteiger partial charge in [-0.3, -0.25) is 4.79 Å². The molecule has 0 aliphatic carbocycles. The van der Waals surface area contributed by atoms with Gasteiger partial charge in [-0.25, -0.2) is 0 Å². The number of hydrogen-bond donors (Lipinski definition) is 3. The molecule has 7 heavy (non-hydrogen) atoms. The number of rotatable bonds is 2. The van der Waals surface area contributed by atoms with Crippen molar-refractivity contribution in [1.82, 2.24) is 0 Å². The maximum Gasteiger partial charge on any atom is 0.317 e. The molecule has 4 heteroatoms. The van der Waals surface area contributed by atoms with Crippen molar-refractivity contribution < 1.29 is 9.90 Å². The van der Waals surface area contributed by atoms with E-state index < -0.39 is 11.2 Å². The summed E-state index contributed by atoms with van der Waals surface area (Å²) < 4.78 is 0. The van der Waals surface area contributed by atoms with Gasteiger partial charge < -0.3 is 5.11 Å². The second kappa shape index (κ2) is 3.21. The molecule has 2 nitrogen and oxygen atoms in total. The Morgan fingerprint density at radius 1 is 1.86 bits per heavy atom. The summed E-state index contributed by atoms with van der Waals surface area (Å²) in [5.41, 5.74) is 0. The average molecular weight is 138 g/mol. The van der Waals surface area contributed by atoms with Gasteiger partial charge in [0.25, 0.3) is 0 Å². The summed E-state index contributed by atoms with van der Waals surface area (Å²) >= 11 is 7.35. The molecule has 0 aromatic carbocycles. The number of carbonyl (C=O) groups is 1. The zero-order valence-corrected chi connectivity index (χ0v) is 5.32. The SMILES string of the molecule is O=C(O)[C@@H](S)CS. The van der Waals surface area contributed by atoms with Gasteiger partial charge in [0.1, 0.15) is 5.25 Å². The molecular formula is C3H6O2S2. The molecule has 0 heterocycles. The molecule has 0 unspecified atom stereocenters. The second-order valence-corrected chi connectivity index (χ2v) is 2.03. The van der Waals surface area contributed by atoms with Crippen LogP contribution in [0.2, 0.25) is 0 Å². The molecule has 0 saturated carbocycles. The smallest absolute Gasteiger partial charge is 0.317 e. The van der Waals surface area contributed by atoms with Crippen molar-refractivity contribution in [3.05, 3.63) is 0 Å². The van der Waals surface area contributed by atoms with E-state index in [-0.39, 0.29) is 5.75 Å². The van der Waals surface area contributed by atoms with E-state index in [4.69, 9.17) is 5.11 Å². The molecule has 0 bridgehead atoms. The van der Waals surface area contributed by atoms with Crippen LogP contribution < -0.4 is 0 Å². The maximum absolute atomic E-state index is 9.81. The monoisotopic (exact) mass is 138 g/mol. The van der Waals surface area contributed by atoms with E-state index in [0.717, 1.165) is 0 Å². The fraction of sp³-hybridized carbons (Fsp3) is 0.667. The third-order valence-electron chi connectivity index (χ3n) is 0.458. The van der Waals surface area contributed by atoms with Crippen LogP contribution in [0.4, 0.5) is 0 Å². The number of carboxylic acid groups (broad SMARTS) is 1. The molecular weight excluding hydrogens is 132 g/mol. The molecule has 42 valence electrons. The Kier molecular flexibility index (Phi) is 3.29. The zero-order chi connectivity index (χ0) is 5.86. The van der Waals surface area contributed by atoms with Crippen LogP contribution in [0.25, 0.3) is 0 Å². The zero-order valence-electron chi connectivity index (χ0n) is 3.53. The summed E-state index contributed by atoms with van der Waals surface area (Å²) in [6, 6.07) is 0. The van der Waals surface area contributed by atoms with E-state index in [0.29, 0.717) is 0 Å². The van der Waals surface area contributed by atoms with Crippen LogP contribution in [0.3, 0.4) is 0 Å². The molecule has 0 aromatic rings. The molecule has 0 spiro atoms. The van der Waals surface area contributed by atoms with Crippen LogP contribution in [0.5, 0.6) is 0 Å². The van der Waals surface area contributed by atoms with Crippen LogP contribution in [0.15, 0.2) is 0 Å². The Hall–Kier alpha value is 0.170. The van der Waals surface area contributed by atoms with Gasteiger partial charge in [0.05, 0.1) is 0 Å². The van der Waals surface area contributed by atoms with Gasteiger partial charge in [0.2, 0.25) is 0 Å². The van der Waals surface area contributed by atoms with E-state index in [1.807, 2.05) is 0 Å². The predicted octanol–water partition coefficient (Wildman–Crippen LogP) is 0.299. The fourth-order valence-corrected chi connectivity index (χ4v) is 0.234. The van der Waals surface area contributed by atoms with Crippen molar-refractivity contribution in [2.24, 2.45) is 0 Å². The summed E-state index contributed by atoms with van der Waals surface area (Å²) in [5.74, 6) is -0.642.